The van der Waals surface area contributed by atoms with Gasteiger partial charge in [-0.3, -0.25) is 4.79 Å². The van der Waals surface area contributed by atoms with Crippen molar-refractivity contribution in [1.29, 1.82) is 0 Å². The van der Waals surface area contributed by atoms with Crippen LogP contribution in [0.5, 0.6) is 0 Å². The summed E-state index contributed by atoms with van der Waals surface area (Å²) < 4.78 is 10.8. The highest BCUT2D eigenvalue weighted by Gasteiger charge is 2.67. The number of hydrogen-bond donors (Lipinski definition) is 0. The Balaban J connectivity index is 1.82. The highest BCUT2D eigenvalue weighted by Crippen LogP contribution is 2.64. The van der Waals surface area contributed by atoms with Gasteiger partial charge in [-0.15, -0.1) is 0 Å². The molecule has 3 rings (SSSR count). The second kappa shape index (κ2) is 4.09. The molecule has 0 spiro atoms. The SMILES string of the molecule is C=C(C)C(=O)OC1CC2(CC)CC1C1COC(=O)C12. The van der Waals surface area contributed by atoms with Crippen LogP contribution in [0, 0.1) is 23.2 Å². The first kappa shape index (κ1) is 12.7. The number of rotatable bonds is 3. The predicted molar refractivity (Wildman–Crippen MR) is 68.1 cm³/mol. The van der Waals surface area contributed by atoms with E-state index in [-0.39, 0.29) is 41.2 Å². The van der Waals surface area contributed by atoms with Gasteiger partial charge in [0.2, 0.25) is 0 Å². The molecule has 2 bridgehead atoms. The van der Waals surface area contributed by atoms with Gasteiger partial charge in [0.15, 0.2) is 0 Å². The molecule has 5 atom stereocenters. The van der Waals surface area contributed by atoms with Crippen LogP contribution in [0.3, 0.4) is 0 Å². The molecule has 0 aromatic carbocycles. The van der Waals surface area contributed by atoms with E-state index < -0.39 is 0 Å². The fourth-order valence-electron chi connectivity index (χ4n) is 4.41. The molecule has 1 heterocycles. The molecule has 1 aliphatic heterocycles. The van der Waals surface area contributed by atoms with E-state index in [1.54, 1.807) is 6.92 Å². The molecule has 4 nitrogen and oxygen atoms in total. The van der Waals surface area contributed by atoms with Crippen molar-refractivity contribution in [1.82, 2.24) is 0 Å². The van der Waals surface area contributed by atoms with Crippen molar-refractivity contribution in [3.63, 3.8) is 0 Å². The van der Waals surface area contributed by atoms with Gasteiger partial charge in [0, 0.05) is 17.4 Å². The van der Waals surface area contributed by atoms with Crippen LogP contribution in [0.15, 0.2) is 12.2 Å². The van der Waals surface area contributed by atoms with Crippen molar-refractivity contribution < 1.29 is 19.1 Å². The minimum Gasteiger partial charge on any atom is -0.465 e. The van der Waals surface area contributed by atoms with Crippen LogP contribution in [0.4, 0.5) is 0 Å². The zero-order valence-electron chi connectivity index (χ0n) is 11.5. The first-order valence-corrected chi connectivity index (χ1v) is 7.01. The summed E-state index contributed by atoms with van der Waals surface area (Å²) >= 11 is 0. The van der Waals surface area contributed by atoms with Crippen LogP contribution < -0.4 is 0 Å². The van der Waals surface area contributed by atoms with E-state index >= 15 is 0 Å². The molecule has 3 fully saturated rings. The summed E-state index contributed by atoms with van der Waals surface area (Å²) in [7, 11) is 0. The van der Waals surface area contributed by atoms with Gasteiger partial charge in [-0.25, -0.2) is 4.79 Å². The van der Waals surface area contributed by atoms with Crippen molar-refractivity contribution in [2.45, 2.75) is 39.2 Å². The van der Waals surface area contributed by atoms with E-state index in [2.05, 4.69) is 13.5 Å². The molecule has 4 heteroatoms. The molecule has 2 aliphatic carbocycles. The first-order valence-electron chi connectivity index (χ1n) is 7.01. The van der Waals surface area contributed by atoms with E-state index in [1.165, 1.54) is 0 Å². The normalized spacial score (nSPS) is 42.9. The quantitative estimate of drug-likeness (QED) is 0.578. The van der Waals surface area contributed by atoms with E-state index in [4.69, 9.17) is 9.47 Å². The van der Waals surface area contributed by atoms with Gasteiger partial charge in [-0.2, -0.15) is 0 Å². The number of hydrogen-bond acceptors (Lipinski definition) is 4. The maximum atomic E-state index is 11.9. The Kier molecular flexibility index (Phi) is 2.73. The molecule has 0 radical (unpaired) electrons. The Hall–Kier alpha value is -1.32. The van der Waals surface area contributed by atoms with Crippen LogP contribution in [0.25, 0.3) is 0 Å². The molecule has 5 unspecified atom stereocenters. The van der Waals surface area contributed by atoms with Crippen LogP contribution in [0.2, 0.25) is 0 Å². The number of fused-ring (bicyclic) bond motifs is 5. The summed E-state index contributed by atoms with van der Waals surface area (Å²) in [5.41, 5.74) is 0.423. The minimum absolute atomic E-state index is 0.0110. The fourth-order valence-corrected chi connectivity index (χ4v) is 4.41. The Morgan fingerprint density at radius 1 is 1.47 bits per heavy atom. The van der Waals surface area contributed by atoms with Gasteiger partial charge in [0.1, 0.15) is 6.10 Å². The number of carbonyl (C=O) groups excluding carboxylic acids is 2. The molecular formula is C15H20O4. The van der Waals surface area contributed by atoms with Crippen LogP contribution >= 0.6 is 0 Å². The van der Waals surface area contributed by atoms with Gasteiger partial charge >= 0.3 is 11.9 Å². The molecule has 0 N–H and O–H groups in total. The smallest absolute Gasteiger partial charge is 0.333 e. The standard InChI is InChI=1S/C15H20O4/c1-4-15-5-9(10-7-18-14(17)12(10)15)11(6-15)19-13(16)8(2)3/h9-12H,2,4-7H2,1,3H3. The van der Waals surface area contributed by atoms with Crippen LogP contribution in [0.1, 0.15) is 33.1 Å². The lowest BCUT2D eigenvalue weighted by atomic mass is 9.69. The van der Waals surface area contributed by atoms with E-state index in [9.17, 15) is 9.59 Å². The monoisotopic (exact) mass is 264 g/mol. The van der Waals surface area contributed by atoms with Gasteiger partial charge < -0.3 is 9.47 Å². The molecule has 0 aromatic heterocycles. The molecule has 1 saturated heterocycles. The van der Waals surface area contributed by atoms with Gasteiger partial charge in [0.05, 0.1) is 12.5 Å². The van der Waals surface area contributed by atoms with Gasteiger partial charge in [-0.05, 0) is 31.6 Å². The first-order chi connectivity index (χ1) is 8.98. The van der Waals surface area contributed by atoms with E-state index in [0.29, 0.717) is 12.2 Å². The van der Waals surface area contributed by atoms with Crippen molar-refractivity contribution >= 4 is 11.9 Å². The second-order valence-electron chi connectivity index (χ2n) is 6.28. The number of carbonyl (C=O) groups is 2. The van der Waals surface area contributed by atoms with Crippen LogP contribution in [-0.2, 0) is 19.1 Å². The Morgan fingerprint density at radius 3 is 2.84 bits per heavy atom. The molecular weight excluding hydrogens is 244 g/mol. The third kappa shape index (κ3) is 1.65. The average Bonchev–Trinajstić information content (AvgIpc) is 3.00. The number of esters is 2. The summed E-state index contributed by atoms with van der Waals surface area (Å²) in [5, 5.41) is 0. The fraction of sp³-hybridized carbons (Fsp3) is 0.733. The number of ether oxygens (including phenoxy) is 2. The lowest BCUT2D eigenvalue weighted by Crippen LogP contribution is -2.39. The topological polar surface area (TPSA) is 52.6 Å². The summed E-state index contributed by atoms with van der Waals surface area (Å²) in [6, 6.07) is 0. The average molecular weight is 264 g/mol. The third-order valence-electron chi connectivity index (χ3n) is 5.35. The summed E-state index contributed by atoms with van der Waals surface area (Å²) in [6.07, 6.45) is 2.66. The Bertz CT molecular complexity index is 455. The second-order valence-corrected chi connectivity index (χ2v) is 6.28. The Morgan fingerprint density at radius 2 is 2.21 bits per heavy atom. The van der Waals surface area contributed by atoms with Crippen LogP contribution in [-0.4, -0.2) is 24.6 Å². The molecule has 3 aliphatic rings. The number of cyclic esters (lactones) is 1. The third-order valence-corrected chi connectivity index (χ3v) is 5.35. The van der Waals surface area contributed by atoms with Crippen molar-refractivity contribution in [3.8, 4) is 0 Å². The van der Waals surface area contributed by atoms with E-state index in [1.807, 2.05) is 0 Å². The predicted octanol–water partition coefficient (Wildman–Crippen LogP) is 2.08. The molecule has 0 amide bonds. The summed E-state index contributed by atoms with van der Waals surface area (Å²) in [5.74, 6) is 0.190. The lowest BCUT2D eigenvalue weighted by molar-refractivity contribution is -0.150. The van der Waals surface area contributed by atoms with Gasteiger partial charge in [-0.1, -0.05) is 13.5 Å². The van der Waals surface area contributed by atoms with Gasteiger partial charge in [0.25, 0.3) is 0 Å². The highest BCUT2D eigenvalue weighted by atomic mass is 16.6. The maximum absolute atomic E-state index is 11.9. The van der Waals surface area contributed by atoms with Crippen molar-refractivity contribution in [2.75, 3.05) is 6.61 Å². The van der Waals surface area contributed by atoms with Crippen molar-refractivity contribution in [2.24, 2.45) is 23.2 Å². The molecule has 0 aromatic rings. The molecule has 19 heavy (non-hydrogen) atoms. The zero-order valence-corrected chi connectivity index (χ0v) is 11.5. The zero-order chi connectivity index (χ0) is 13.8. The summed E-state index contributed by atoms with van der Waals surface area (Å²) in [4.78, 5) is 23.6. The minimum atomic E-state index is -0.314. The maximum Gasteiger partial charge on any atom is 0.333 e. The largest absolute Gasteiger partial charge is 0.465 e. The summed E-state index contributed by atoms with van der Waals surface area (Å²) in [6.45, 7) is 7.90. The Labute approximate surface area is 113 Å². The molecule has 104 valence electrons. The van der Waals surface area contributed by atoms with Crippen molar-refractivity contribution in [3.05, 3.63) is 12.2 Å². The lowest BCUT2D eigenvalue weighted by Gasteiger charge is -2.35. The molecule has 2 saturated carbocycles. The highest BCUT2D eigenvalue weighted by molar-refractivity contribution is 5.87. The van der Waals surface area contributed by atoms with E-state index in [0.717, 1.165) is 19.3 Å².